The van der Waals surface area contributed by atoms with Crippen LogP contribution >= 0.6 is 11.6 Å². The van der Waals surface area contributed by atoms with E-state index in [2.05, 4.69) is 0 Å². The lowest BCUT2D eigenvalue weighted by Crippen LogP contribution is -2.25. The Bertz CT molecular complexity index is 416. The third-order valence-corrected chi connectivity index (χ3v) is 3.21. The Morgan fingerprint density at radius 3 is 2.93 bits per heavy atom. The number of carboxylic acid groups (broad SMARTS) is 1. The Morgan fingerprint density at radius 2 is 2.27 bits per heavy atom. The van der Waals surface area contributed by atoms with Gasteiger partial charge in [0.15, 0.2) is 0 Å². The molecule has 0 spiro atoms. The van der Waals surface area contributed by atoms with Crippen LogP contribution in [0.2, 0.25) is 5.02 Å². The first-order chi connectivity index (χ1) is 7.03. The van der Waals surface area contributed by atoms with Crippen molar-refractivity contribution in [2.45, 2.75) is 24.9 Å². The Morgan fingerprint density at radius 1 is 1.53 bits per heavy atom. The van der Waals surface area contributed by atoms with Crippen LogP contribution in [0.4, 0.5) is 0 Å². The van der Waals surface area contributed by atoms with Crippen molar-refractivity contribution in [1.82, 2.24) is 0 Å². The largest absolute Gasteiger partial charge is 0.481 e. The predicted molar refractivity (Wildman–Crippen MR) is 55.9 cm³/mol. The molecule has 3 nitrogen and oxygen atoms in total. The van der Waals surface area contributed by atoms with Crippen LogP contribution in [-0.4, -0.2) is 16.2 Å². The molecule has 0 radical (unpaired) electrons. The van der Waals surface area contributed by atoms with E-state index in [0.29, 0.717) is 23.4 Å². The summed E-state index contributed by atoms with van der Waals surface area (Å²) in [6.45, 7) is 0. The third-order valence-electron chi connectivity index (χ3n) is 2.85. The lowest BCUT2D eigenvalue weighted by molar-refractivity contribution is -0.142. The number of fused-ring (bicyclic) bond motifs is 1. The summed E-state index contributed by atoms with van der Waals surface area (Å²) in [6.07, 6.45) is 0.803. The quantitative estimate of drug-likeness (QED) is 0.811. The molecule has 1 atom stereocenters. The summed E-state index contributed by atoms with van der Waals surface area (Å²) in [5.74, 6) is -0.995. The van der Waals surface area contributed by atoms with Gasteiger partial charge in [0.05, 0.1) is 6.42 Å². The van der Waals surface area contributed by atoms with Gasteiger partial charge in [0.25, 0.3) is 0 Å². The Balaban J connectivity index is 2.43. The fourth-order valence-electron chi connectivity index (χ4n) is 2.15. The maximum Gasteiger partial charge on any atom is 0.306 e. The molecule has 4 heteroatoms. The minimum Gasteiger partial charge on any atom is -0.481 e. The van der Waals surface area contributed by atoms with E-state index in [0.717, 1.165) is 5.56 Å². The highest BCUT2D eigenvalue weighted by Gasteiger charge is 2.39. The molecule has 0 heterocycles. The van der Waals surface area contributed by atoms with Crippen molar-refractivity contribution in [1.29, 1.82) is 0 Å². The highest BCUT2D eigenvalue weighted by molar-refractivity contribution is 6.31. The highest BCUT2D eigenvalue weighted by atomic mass is 35.5. The number of rotatable bonds is 2. The summed E-state index contributed by atoms with van der Waals surface area (Å²) >= 11 is 5.97. The lowest BCUT2D eigenvalue weighted by Gasteiger charge is -2.21. The average Bonchev–Trinajstić information content (AvgIpc) is 2.44. The van der Waals surface area contributed by atoms with Crippen molar-refractivity contribution < 1.29 is 15.0 Å². The van der Waals surface area contributed by atoms with Crippen LogP contribution < -0.4 is 0 Å². The van der Waals surface area contributed by atoms with E-state index in [1.807, 2.05) is 0 Å². The molecule has 0 saturated carbocycles. The number of carboxylic acids is 1. The molecule has 0 bridgehead atoms. The minimum atomic E-state index is -1.24. The van der Waals surface area contributed by atoms with Gasteiger partial charge in [0, 0.05) is 5.02 Å². The van der Waals surface area contributed by atoms with E-state index in [4.69, 9.17) is 16.7 Å². The summed E-state index contributed by atoms with van der Waals surface area (Å²) < 4.78 is 0. The summed E-state index contributed by atoms with van der Waals surface area (Å²) in [5, 5.41) is 19.5. The average molecular weight is 227 g/mol. The molecule has 15 heavy (non-hydrogen) atoms. The topological polar surface area (TPSA) is 57.5 Å². The predicted octanol–water partition coefficient (Wildman–Crippen LogP) is 1.95. The van der Waals surface area contributed by atoms with Crippen molar-refractivity contribution in [2.75, 3.05) is 0 Å². The van der Waals surface area contributed by atoms with E-state index >= 15 is 0 Å². The van der Waals surface area contributed by atoms with E-state index in [1.54, 1.807) is 18.2 Å². The van der Waals surface area contributed by atoms with Crippen LogP contribution in [0.3, 0.4) is 0 Å². The van der Waals surface area contributed by atoms with Crippen molar-refractivity contribution in [3.05, 3.63) is 34.3 Å². The van der Waals surface area contributed by atoms with Gasteiger partial charge in [-0.05, 0) is 30.0 Å². The first kappa shape index (κ1) is 10.5. The minimum absolute atomic E-state index is 0.264. The molecule has 2 N–H and O–H groups in total. The van der Waals surface area contributed by atoms with Gasteiger partial charge in [0.1, 0.15) is 5.60 Å². The molecule has 1 aliphatic carbocycles. The van der Waals surface area contributed by atoms with Crippen molar-refractivity contribution in [3.8, 4) is 0 Å². The Kier molecular flexibility index (Phi) is 2.44. The van der Waals surface area contributed by atoms with Crippen LogP contribution in [0.1, 0.15) is 24.0 Å². The molecular formula is C11H11ClO3. The standard InChI is InChI=1S/C11H11ClO3/c12-9-3-1-2-8-7(9)4-5-11(8,15)6-10(13)14/h1-3,15H,4-6H2,(H,13,14). The SMILES string of the molecule is O=C(O)CC1(O)CCc2c(Cl)cccc21. The lowest BCUT2D eigenvalue weighted by atomic mass is 9.92. The van der Waals surface area contributed by atoms with Gasteiger partial charge in [0.2, 0.25) is 0 Å². The molecule has 1 unspecified atom stereocenters. The summed E-state index contributed by atoms with van der Waals surface area (Å²) in [7, 11) is 0. The maximum atomic E-state index is 10.7. The molecule has 1 aliphatic rings. The molecule has 1 aromatic rings. The molecule has 1 aromatic carbocycles. The zero-order valence-corrected chi connectivity index (χ0v) is 8.79. The van der Waals surface area contributed by atoms with E-state index in [-0.39, 0.29) is 6.42 Å². The fourth-order valence-corrected chi connectivity index (χ4v) is 2.42. The van der Waals surface area contributed by atoms with Crippen molar-refractivity contribution >= 4 is 17.6 Å². The number of benzene rings is 1. The number of aliphatic hydroxyl groups is 1. The van der Waals surface area contributed by atoms with Gasteiger partial charge in [-0.25, -0.2) is 0 Å². The molecule has 0 aliphatic heterocycles. The second-order valence-corrected chi connectivity index (χ2v) is 4.28. The molecule has 80 valence electrons. The second-order valence-electron chi connectivity index (χ2n) is 3.87. The Labute approximate surface area is 92.3 Å². The zero-order valence-electron chi connectivity index (χ0n) is 8.03. The first-order valence-electron chi connectivity index (χ1n) is 4.75. The number of halogens is 1. The second kappa shape index (κ2) is 3.51. The van der Waals surface area contributed by atoms with Crippen LogP contribution in [0.5, 0.6) is 0 Å². The fraction of sp³-hybridized carbons (Fsp3) is 0.364. The number of carbonyl (C=O) groups is 1. The third kappa shape index (κ3) is 1.73. The van der Waals surface area contributed by atoms with Crippen molar-refractivity contribution in [2.24, 2.45) is 0 Å². The van der Waals surface area contributed by atoms with E-state index in [9.17, 15) is 9.90 Å². The van der Waals surface area contributed by atoms with Crippen LogP contribution in [-0.2, 0) is 16.8 Å². The van der Waals surface area contributed by atoms with Gasteiger partial charge < -0.3 is 10.2 Å². The highest BCUT2D eigenvalue weighted by Crippen LogP contribution is 2.41. The van der Waals surface area contributed by atoms with Gasteiger partial charge in [-0.3, -0.25) is 4.79 Å². The zero-order chi connectivity index (χ0) is 11.1. The van der Waals surface area contributed by atoms with Gasteiger partial charge in [-0.1, -0.05) is 23.7 Å². The van der Waals surface area contributed by atoms with Crippen LogP contribution in [0.25, 0.3) is 0 Å². The number of hydrogen-bond donors (Lipinski definition) is 2. The smallest absolute Gasteiger partial charge is 0.306 e. The molecule has 0 amide bonds. The summed E-state index contributed by atoms with van der Waals surface area (Å²) in [4.78, 5) is 10.7. The normalized spacial score (nSPS) is 23.9. The molecule has 2 rings (SSSR count). The molecular weight excluding hydrogens is 216 g/mol. The molecule has 0 saturated heterocycles. The van der Waals surface area contributed by atoms with Gasteiger partial charge in [-0.2, -0.15) is 0 Å². The van der Waals surface area contributed by atoms with Crippen LogP contribution in [0, 0.1) is 0 Å². The molecule has 0 aromatic heterocycles. The number of hydrogen-bond acceptors (Lipinski definition) is 2. The monoisotopic (exact) mass is 226 g/mol. The van der Waals surface area contributed by atoms with Crippen LogP contribution in [0.15, 0.2) is 18.2 Å². The van der Waals surface area contributed by atoms with Crippen molar-refractivity contribution in [3.63, 3.8) is 0 Å². The maximum absolute atomic E-state index is 10.7. The summed E-state index contributed by atoms with van der Waals surface area (Å²) in [5.41, 5.74) is 0.298. The van der Waals surface area contributed by atoms with E-state index in [1.165, 1.54) is 0 Å². The van der Waals surface area contributed by atoms with E-state index < -0.39 is 11.6 Å². The van der Waals surface area contributed by atoms with Gasteiger partial charge >= 0.3 is 5.97 Å². The number of aliphatic carboxylic acids is 1. The first-order valence-corrected chi connectivity index (χ1v) is 5.13. The Hall–Kier alpha value is -1.06. The summed E-state index contributed by atoms with van der Waals surface area (Å²) in [6, 6.07) is 5.24. The molecule has 0 fully saturated rings. The van der Waals surface area contributed by atoms with Gasteiger partial charge in [-0.15, -0.1) is 0 Å².